The molecular formula is C49H31N7O5. The van der Waals surface area contributed by atoms with Gasteiger partial charge in [0.25, 0.3) is 5.56 Å². The summed E-state index contributed by atoms with van der Waals surface area (Å²) in [7, 11) is 1.53. The van der Waals surface area contributed by atoms with E-state index in [-0.39, 0.29) is 34.2 Å². The summed E-state index contributed by atoms with van der Waals surface area (Å²) < 4.78 is 1.58. The zero-order valence-electron chi connectivity index (χ0n) is 32.5. The molecule has 0 amide bonds. The molecule has 12 heteroatoms. The lowest BCUT2D eigenvalue weighted by Gasteiger charge is -2.24. The van der Waals surface area contributed by atoms with Gasteiger partial charge in [0.1, 0.15) is 28.5 Å². The lowest BCUT2D eigenvalue weighted by Crippen LogP contribution is -2.15. The average Bonchev–Trinajstić information content (AvgIpc) is 3.80. The van der Waals surface area contributed by atoms with Crippen LogP contribution in [0.5, 0.6) is 11.5 Å². The molecule has 11 rings (SSSR count). The van der Waals surface area contributed by atoms with Gasteiger partial charge in [0, 0.05) is 38.1 Å². The second-order valence-corrected chi connectivity index (χ2v) is 14.9. The van der Waals surface area contributed by atoms with Crippen LogP contribution in [0.1, 0.15) is 21.5 Å². The zero-order chi connectivity index (χ0) is 41.5. The molecule has 0 fully saturated rings. The number of fused-ring (bicyclic) bond motifs is 8. The molecule has 0 bridgehead atoms. The van der Waals surface area contributed by atoms with Gasteiger partial charge in [-0.2, -0.15) is 10.2 Å². The van der Waals surface area contributed by atoms with Gasteiger partial charge < -0.3 is 10.2 Å². The Balaban J connectivity index is 0.921. The molecule has 2 aromatic heterocycles. The number of hydrogen-bond acceptors (Lipinski definition) is 11. The van der Waals surface area contributed by atoms with Crippen molar-refractivity contribution >= 4 is 88.9 Å². The van der Waals surface area contributed by atoms with Crippen LogP contribution in [-0.4, -0.2) is 32.5 Å². The van der Waals surface area contributed by atoms with Crippen LogP contribution in [0.25, 0.3) is 60.1 Å². The predicted molar refractivity (Wildman–Crippen MR) is 236 cm³/mol. The Kier molecular flexibility index (Phi) is 7.99. The minimum absolute atomic E-state index is 0.118. The Morgan fingerprint density at radius 1 is 0.623 bits per heavy atom. The van der Waals surface area contributed by atoms with Gasteiger partial charge in [0.05, 0.1) is 35.2 Å². The molecule has 0 spiro atoms. The first-order valence-corrected chi connectivity index (χ1v) is 19.4. The van der Waals surface area contributed by atoms with Crippen LogP contribution >= 0.6 is 0 Å². The molecule has 0 saturated carbocycles. The third-order valence-electron chi connectivity index (χ3n) is 11.3. The fourth-order valence-corrected chi connectivity index (χ4v) is 8.50. The van der Waals surface area contributed by atoms with E-state index in [0.717, 1.165) is 27.8 Å². The van der Waals surface area contributed by atoms with E-state index in [2.05, 4.69) is 20.5 Å². The van der Waals surface area contributed by atoms with Crippen LogP contribution in [0.15, 0.2) is 165 Å². The van der Waals surface area contributed by atoms with Crippen LogP contribution in [0, 0.1) is 6.92 Å². The number of imidazole rings is 1. The van der Waals surface area contributed by atoms with E-state index in [1.807, 2.05) is 97.9 Å². The topological polar surface area (TPSA) is 154 Å². The lowest BCUT2D eigenvalue weighted by molar-refractivity contribution is 0.104. The van der Waals surface area contributed by atoms with Crippen molar-refractivity contribution in [1.82, 2.24) is 9.38 Å². The van der Waals surface area contributed by atoms with Crippen LogP contribution in [0.3, 0.4) is 0 Å². The maximum absolute atomic E-state index is 13.9. The second-order valence-electron chi connectivity index (χ2n) is 14.9. The smallest absolute Gasteiger partial charge is 0.264 e. The molecule has 0 aliphatic heterocycles. The molecule has 2 N–H and O–H groups in total. The van der Waals surface area contributed by atoms with Crippen molar-refractivity contribution in [3.63, 3.8) is 0 Å². The van der Waals surface area contributed by atoms with Gasteiger partial charge >= 0.3 is 0 Å². The first-order valence-electron chi connectivity index (χ1n) is 19.4. The average molecular weight is 798 g/mol. The maximum atomic E-state index is 13.9. The molecule has 1 aliphatic rings. The number of carbonyl (C=O) groups is 1. The Labute approximate surface area is 345 Å². The number of anilines is 2. The molecule has 0 saturated heterocycles. The standard InChI is InChI=1S/C49H31N7O5/c1-26-9-7-11-30(21-26)56(61-2)41-22-27-10-3-4-12-31(27)45(47(41)59)54-52-29-18-20-33-32-19-17-28(23-36(32)46(58)37(33)24-29)51-53-44-34-13-8-14-35-43(34)38(25-42(44)57)48-50-39-15-5-6-16-40(39)55(48)49(35)60/h3-25,57,59H,1-2H3. The summed E-state index contributed by atoms with van der Waals surface area (Å²) >= 11 is 0. The van der Waals surface area contributed by atoms with Crippen LogP contribution in [0.2, 0.25) is 0 Å². The van der Waals surface area contributed by atoms with Gasteiger partial charge in [-0.05, 0) is 95.7 Å². The van der Waals surface area contributed by atoms with Gasteiger partial charge in [-0.1, -0.05) is 72.8 Å². The summed E-state index contributed by atoms with van der Waals surface area (Å²) in [6.45, 7) is 1.98. The largest absolute Gasteiger partial charge is 0.506 e. The van der Waals surface area contributed by atoms with E-state index in [1.54, 1.807) is 58.0 Å². The number of phenols is 2. The fourth-order valence-electron chi connectivity index (χ4n) is 8.50. The van der Waals surface area contributed by atoms with Gasteiger partial charge in [-0.15, -0.1) is 10.2 Å². The summed E-state index contributed by atoms with van der Waals surface area (Å²) in [5.41, 5.74) is 7.37. The molecule has 0 unspecified atom stereocenters. The molecule has 8 aromatic carbocycles. The van der Waals surface area contributed by atoms with Crippen LogP contribution in [-0.2, 0) is 4.84 Å². The first kappa shape index (κ1) is 35.8. The summed E-state index contributed by atoms with van der Waals surface area (Å²) in [4.78, 5) is 38.2. The fraction of sp³-hybridized carbons (Fsp3) is 0.0408. The van der Waals surface area contributed by atoms with Crippen molar-refractivity contribution in [3.8, 4) is 22.6 Å². The number of aryl methyl sites for hydroxylation is 1. The van der Waals surface area contributed by atoms with Crippen molar-refractivity contribution in [3.05, 3.63) is 167 Å². The van der Waals surface area contributed by atoms with Gasteiger partial charge in [-0.3, -0.25) is 18.8 Å². The molecule has 10 aromatic rings. The van der Waals surface area contributed by atoms with Crippen molar-refractivity contribution < 1.29 is 19.8 Å². The number of pyridine rings is 1. The second kappa shape index (κ2) is 13.6. The number of hydrogen-bond donors (Lipinski definition) is 2. The number of ketones is 1. The zero-order valence-corrected chi connectivity index (χ0v) is 32.5. The first-order chi connectivity index (χ1) is 29.8. The van der Waals surface area contributed by atoms with Crippen molar-refractivity contribution in [2.75, 3.05) is 12.2 Å². The number of aromatic hydroxyl groups is 2. The molecule has 2 heterocycles. The Morgan fingerprint density at radius 2 is 1.30 bits per heavy atom. The number of nitrogens with zero attached hydrogens (tertiary/aromatic N) is 7. The van der Waals surface area contributed by atoms with E-state index < -0.39 is 0 Å². The molecule has 0 atom stereocenters. The lowest BCUT2D eigenvalue weighted by atomic mass is 10.0. The summed E-state index contributed by atoms with van der Waals surface area (Å²) in [6, 6.07) is 42.0. The summed E-state index contributed by atoms with van der Waals surface area (Å²) in [5, 5.41) is 46.3. The Morgan fingerprint density at radius 3 is 2.05 bits per heavy atom. The quantitative estimate of drug-likeness (QED) is 0.120. The van der Waals surface area contributed by atoms with Gasteiger partial charge in [0.15, 0.2) is 11.5 Å². The Bertz CT molecular complexity index is 3630. The molecule has 1 aliphatic carbocycles. The molecule has 61 heavy (non-hydrogen) atoms. The van der Waals surface area contributed by atoms with E-state index in [4.69, 9.17) is 9.82 Å². The van der Waals surface area contributed by atoms with Gasteiger partial charge in [-0.25, -0.2) is 10.0 Å². The van der Waals surface area contributed by atoms with Crippen LogP contribution in [0.4, 0.5) is 34.1 Å². The number of rotatable bonds is 7. The summed E-state index contributed by atoms with van der Waals surface area (Å²) in [5.74, 6) is -0.459. The minimum Gasteiger partial charge on any atom is -0.506 e. The number of aromatic nitrogens is 2. The van der Waals surface area contributed by atoms with Gasteiger partial charge in [0.2, 0.25) is 0 Å². The predicted octanol–water partition coefficient (Wildman–Crippen LogP) is 12.2. The molecule has 0 radical (unpaired) electrons. The summed E-state index contributed by atoms with van der Waals surface area (Å²) in [6.07, 6.45) is 0. The van der Waals surface area contributed by atoms with E-state index in [1.165, 1.54) is 7.11 Å². The van der Waals surface area contributed by atoms with E-state index in [9.17, 15) is 19.8 Å². The molecule has 12 nitrogen and oxygen atoms in total. The highest BCUT2D eigenvalue weighted by atomic mass is 16.7. The number of azo groups is 2. The van der Waals surface area contributed by atoms with Crippen molar-refractivity contribution in [2.45, 2.75) is 6.92 Å². The van der Waals surface area contributed by atoms with E-state index in [0.29, 0.717) is 71.8 Å². The monoisotopic (exact) mass is 797 g/mol. The SMILES string of the molecule is CON(c1cccc(C)c1)c1cc2ccccc2c(N=Nc2ccc3c(c2)C(=O)c2cc(N=Nc4c(O)cc5c6c4cccc6c(=O)n4c6ccccc6nc54)ccc2-3)c1O. The number of carbonyl (C=O) groups excluding carboxylic acids is 1. The normalized spacial score (nSPS) is 12.6. The highest BCUT2D eigenvalue weighted by Crippen LogP contribution is 2.47. The van der Waals surface area contributed by atoms with Crippen LogP contribution < -0.4 is 10.6 Å². The molecule has 292 valence electrons. The van der Waals surface area contributed by atoms with Crippen molar-refractivity contribution in [1.29, 1.82) is 0 Å². The molecular weight excluding hydrogens is 767 g/mol. The highest BCUT2D eigenvalue weighted by Gasteiger charge is 2.28. The Hall–Kier alpha value is -8.35. The number of para-hydroxylation sites is 2. The third-order valence-corrected chi connectivity index (χ3v) is 11.3. The number of benzene rings is 8. The third kappa shape index (κ3) is 5.54. The van der Waals surface area contributed by atoms with E-state index >= 15 is 0 Å². The highest BCUT2D eigenvalue weighted by molar-refractivity contribution is 6.22. The van der Waals surface area contributed by atoms with Crippen molar-refractivity contribution in [2.24, 2.45) is 20.5 Å². The number of phenolic OH excluding ortho intramolecular Hbond substituents is 2. The maximum Gasteiger partial charge on any atom is 0.264 e. The minimum atomic E-state index is -0.218.